The highest BCUT2D eigenvalue weighted by Crippen LogP contribution is 2.58. The van der Waals surface area contributed by atoms with Crippen LogP contribution in [0.15, 0.2) is 270 Å². The summed E-state index contributed by atoms with van der Waals surface area (Å²) in [5.41, 5.74) is 19.8. The van der Waals surface area contributed by atoms with Crippen molar-refractivity contribution in [1.29, 1.82) is 0 Å². The molecular weight excluding hydrogens is 915 g/mol. The normalized spacial score (nSPS) is 12.6. The predicted octanol–water partition coefficient (Wildman–Crippen LogP) is 18.0. The van der Waals surface area contributed by atoms with Crippen LogP contribution in [0.5, 0.6) is 0 Å². The van der Waals surface area contributed by atoms with E-state index in [1.54, 1.807) is 0 Å². The molecule has 5 heteroatoms. The molecule has 0 spiro atoms. The highest BCUT2D eigenvalue weighted by Gasteiger charge is 2.46. The molecule has 350 valence electrons. The second-order valence-corrected chi connectivity index (χ2v) is 19.4. The molecule has 75 heavy (non-hydrogen) atoms. The highest BCUT2D eigenvalue weighted by atomic mass is 16.3. The van der Waals surface area contributed by atoms with Gasteiger partial charge in [-0.25, -0.2) is 15.0 Å². The number of fused-ring (bicyclic) bond motifs is 9. The first-order chi connectivity index (χ1) is 37.2. The van der Waals surface area contributed by atoms with Gasteiger partial charge in [0.25, 0.3) is 0 Å². The molecular formula is C70H43N3O2. The van der Waals surface area contributed by atoms with Crippen molar-refractivity contribution in [3.05, 3.63) is 283 Å². The summed E-state index contributed by atoms with van der Waals surface area (Å²) in [6.45, 7) is 0. The van der Waals surface area contributed by atoms with E-state index in [4.69, 9.17) is 23.8 Å². The van der Waals surface area contributed by atoms with Gasteiger partial charge in [-0.05, 0) is 115 Å². The number of rotatable bonds is 8. The summed E-state index contributed by atoms with van der Waals surface area (Å²) in [5, 5.41) is 3.98. The third kappa shape index (κ3) is 6.82. The second kappa shape index (κ2) is 17.1. The maximum Gasteiger partial charge on any atom is 0.164 e. The molecule has 0 saturated carbocycles. The molecule has 14 aromatic rings. The number of para-hydroxylation sites is 1. The SMILES string of the molecule is c1ccc(-c2cccc(-c3nc(-c4ccc5oc6ccccc6c5c4)nc(-c4cccc5oc6ccc(-c7ccc(-c8cccc9c8-c8ccccc8C9(c8ccccc8)c8ccccc8)cc7)cc6c45)n3)c2)cc1. The molecule has 0 N–H and O–H groups in total. The highest BCUT2D eigenvalue weighted by molar-refractivity contribution is 6.13. The molecule has 0 saturated heterocycles. The van der Waals surface area contributed by atoms with E-state index in [1.807, 2.05) is 48.5 Å². The molecule has 5 nitrogen and oxygen atoms in total. The maximum absolute atomic E-state index is 6.63. The van der Waals surface area contributed by atoms with Crippen LogP contribution in [0, 0.1) is 0 Å². The molecule has 0 amide bonds. The molecule has 0 radical (unpaired) electrons. The van der Waals surface area contributed by atoms with Crippen LogP contribution >= 0.6 is 0 Å². The Morgan fingerprint density at radius 1 is 0.267 bits per heavy atom. The molecule has 0 atom stereocenters. The lowest BCUT2D eigenvalue weighted by atomic mass is 9.67. The first-order valence-corrected chi connectivity index (χ1v) is 25.4. The van der Waals surface area contributed by atoms with E-state index in [2.05, 4.69) is 212 Å². The lowest BCUT2D eigenvalue weighted by molar-refractivity contribution is 0.668. The molecule has 0 fully saturated rings. The van der Waals surface area contributed by atoms with Gasteiger partial charge in [0.15, 0.2) is 17.5 Å². The smallest absolute Gasteiger partial charge is 0.164 e. The van der Waals surface area contributed by atoms with Crippen LogP contribution in [0.2, 0.25) is 0 Å². The Morgan fingerprint density at radius 3 is 1.52 bits per heavy atom. The van der Waals surface area contributed by atoms with Gasteiger partial charge in [0.05, 0.1) is 5.41 Å². The van der Waals surface area contributed by atoms with Crippen LogP contribution < -0.4 is 0 Å². The van der Waals surface area contributed by atoms with Crippen molar-refractivity contribution in [2.45, 2.75) is 5.41 Å². The fraction of sp³-hybridized carbons (Fsp3) is 0.0143. The minimum Gasteiger partial charge on any atom is -0.456 e. The van der Waals surface area contributed by atoms with Crippen molar-refractivity contribution in [1.82, 2.24) is 15.0 Å². The maximum atomic E-state index is 6.63. The van der Waals surface area contributed by atoms with Gasteiger partial charge in [-0.3, -0.25) is 0 Å². The molecule has 0 unspecified atom stereocenters. The Bertz CT molecular complexity index is 4480. The summed E-state index contributed by atoms with van der Waals surface area (Å²) in [6, 6.07) is 92.5. The van der Waals surface area contributed by atoms with Crippen LogP contribution in [0.25, 0.3) is 123 Å². The second-order valence-electron chi connectivity index (χ2n) is 19.4. The van der Waals surface area contributed by atoms with Crippen molar-refractivity contribution in [3.63, 3.8) is 0 Å². The van der Waals surface area contributed by atoms with Gasteiger partial charge < -0.3 is 8.83 Å². The van der Waals surface area contributed by atoms with E-state index in [-0.39, 0.29) is 0 Å². The van der Waals surface area contributed by atoms with Crippen LogP contribution in [0.3, 0.4) is 0 Å². The minimum absolute atomic E-state index is 0.464. The zero-order valence-corrected chi connectivity index (χ0v) is 40.5. The number of hydrogen-bond acceptors (Lipinski definition) is 5. The number of furan rings is 2. The van der Waals surface area contributed by atoms with Crippen molar-refractivity contribution >= 4 is 43.9 Å². The molecule has 1 aliphatic rings. The van der Waals surface area contributed by atoms with Crippen LogP contribution in [-0.4, -0.2) is 15.0 Å². The van der Waals surface area contributed by atoms with Crippen LogP contribution in [0.4, 0.5) is 0 Å². The fourth-order valence-electron chi connectivity index (χ4n) is 11.9. The standard InChI is InChI=1S/C70H43N3O2/c1-4-17-44(18-5-1)47-19-14-20-49(41-47)67-71-68(50-38-40-62-57(43-50)54-25-11-13-31-61(54)74-62)73-69(72-67)56-28-16-32-64-66(56)58-42-48(37-39-63(58)75-64)45-33-35-46(36-34-45)53-27-15-30-60-65(53)55-26-10-12-29-59(55)70(60,51-21-6-2-7-22-51)52-23-8-3-9-24-52/h1-43H. The predicted molar refractivity (Wildman–Crippen MR) is 304 cm³/mol. The van der Waals surface area contributed by atoms with Crippen molar-refractivity contribution in [2.75, 3.05) is 0 Å². The number of nitrogens with zero attached hydrogens (tertiary/aromatic N) is 3. The Kier molecular flexibility index (Phi) is 9.72. The summed E-state index contributed by atoms with van der Waals surface area (Å²) >= 11 is 0. The van der Waals surface area contributed by atoms with Gasteiger partial charge in [-0.2, -0.15) is 0 Å². The number of benzene rings is 11. The first-order valence-electron chi connectivity index (χ1n) is 25.4. The van der Waals surface area contributed by atoms with Crippen molar-refractivity contribution < 1.29 is 8.83 Å². The molecule has 1 aliphatic carbocycles. The van der Waals surface area contributed by atoms with E-state index in [9.17, 15) is 0 Å². The lowest BCUT2D eigenvalue weighted by Gasteiger charge is -2.34. The minimum atomic E-state index is -0.464. The third-order valence-corrected chi connectivity index (χ3v) is 15.2. The average Bonchev–Trinajstić information content (AvgIpc) is 4.26. The summed E-state index contributed by atoms with van der Waals surface area (Å²) in [6.07, 6.45) is 0. The van der Waals surface area contributed by atoms with E-state index in [0.717, 1.165) is 88.4 Å². The van der Waals surface area contributed by atoms with Crippen LogP contribution in [-0.2, 0) is 5.41 Å². The summed E-state index contributed by atoms with van der Waals surface area (Å²) in [7, 11) is 0. The van der Waals surface area contributed by atoms with Gasteiger partial charge in [0.1, 0.15) is 22.3 Å². The van der Waals surface area contributed by atoms with E-state index < -0.39 is 5.41 Å². The summed E-state index contributed by atoms with van der Waals surface area (Å²) in [5.74, 6) is 1.70. The lowest BCUT2D eigenvalue weighted by Crippen LogP contribution is -2.28. The van der Waals surface area contributed by atoms with Crippen LogP contribution in [0.1, 0.15) is 22.3 Å². The number of aromatic nitrogens is 3. The van der Waals surface area contributed by atoms with E-state index in [1.165, 1.54) is 38.9 Å². The zero-order chi connectivity index (χ0) is 49.5. The van der Waals surface area contributed by atoms with Gasteiger partial charge in [-0.15, -0.1) is 0 Å². The van der Waals surface area contributed by atoms with Gasteiger partial charge in [-0.1, -0.05) is 212 Å². The molecule has 3 aromatic heterocycles. The van der Waals surface area contributed by atoms with E-state index >= 15 is 0 Å². The Morgan fingerprint density at radius 2 is 0.733 bits per heavy atom. The molecule has 15 rings (SSSR count). The van der Waals surface area contributed by atoms with Gasteiger partial charge >= 0.3 is 0 Å². The number of hydrogen-bond donors (Lipinski definition) is 0. The van der Waals surface area contributed by atoms with Gasteiger partial charge in [0.2, 0.25) is 0 Å². The topological polar surface area (TPSA) is 65.0 Å². The molecule has 3 heterocycles. The average molecular weight is 958 g/mol. The quantitative estimate of drug-likeness (QED) is 0.152. The van der Waals surface area contributed by atoms with Gasteiger partial charge in [0, 0.05) is 38.2 Å². The zero-order valence-electron chi connectivity index (χ0n) is 40.5. The molecule has 0 bridgehead atoms. The fourth-order valence-corrected chi connectivity index (χ4v) is 11.9. The van der Waals surface area contributed by atoms with E-state index in [0.29, 0.717) is 17.5 Å². The van der Waals surface area contributed by atoms with Crippen molar-refractivity contribution in [2.24, 2.45) is 0 Å². The largest absolute Gasteiger partial charge is 0.456 e. The Labute approximate surface area is 432 Å². The monoisotopic (exact) mass is 957 g/mol. The first kappa shape index (κ1) is 42.7. The molecule has 11 aromatic carbocycles. The van der Waals surface area contributed by atoms with Crippen molar-refractivity contribution in [3.8, 4) is 78.7 Å². The Balaban J connectivity index is 0.853. The summed E-state index contributed by atoms with van der Waals surface area (Å²) in [4.78, 5) is 15.8. The molecule has 0 aliphatic heterocycles. The third-order valence-electron chi connectivity index (χ3n) is 15.2. The Hall–Kier alpha value is -9.97. The summed E-state index contributed by atoms with van der Waals surface area (Å²) < 4.78 is 12.9.